The smallest absolute Gasteiger partial charge is 0.313 e. The van der Waals surface area contributed by atoms with Crippen LogP contribution in [0.3, 0.4) is 0 Å². The lowest BCUT2D eigenvalue weighted by Gasteiger charge is -2.26. The van der Waals surface area contributed by atoms with Crippen LogP contribution in [0.25, 0.3) is 0 Å². The van der Waals surface area contributed by atoms with Gasteiger partial charge in [-0.3, -0.25) is 9.59 Å². The van der Waals surface area contributed by atoms with E-state index in [2.05, 4.69) is 5.32 Å². The summed E-state index contributed by atoms with van der Waals surface area (Å²) in [7, 11) is 0. The van der Waals surface area contributed by atoms with Gasteiger partial charge in [-0.2, -0.15) is 0 Å². The summed E-state index contributed by atoms with van der Waals surface area (Å²) in [5.74, 6) is -0.00149. The van der Waals surface area contributed by atoms with Gasteiger partial charge in [0.05, 0.1) is 13.2 Å². The molecule has 0 unspecified atom stereocenters. The van der Waals surface area contributed by atoms with Crippen molar-refractivity contribution in [1.29, 1.82) is 0 Å². The molecule has 0 aromatic heterocycles. The first-order valence-corrected chi connectivity index (χ1v) is 6.82. The van der Waals surface area contributed by atoms with Gasteiger partial charge in [0.2, 0.25) is 0 Å². The van der Waals surface area contributed by atoms with E-state index in [1.54, 1.807) is 18.2 Å². The quantitative estimate of drug-likeness (QED) is 0.751. The number of benzene rings is 1. The minimum atomic E-state index is -0.659. The number of ether oxygens (including phenoxy) is 3. The molecule has 1 saturated heterocycles. The fraction of sp³-hybridized carbons (Fsp3) is 0.429. The van der Waals surface area contributed by atoms with Gasteiger partial charge < -0.3 is 24.4 Å². The Hall–Kier alpha value is -2.28. The van der Waals surface area contributed by atoms with E-state index in [-0.39, 0.29) is 0 Å². The van der Waals surface area contributed by atoms with E-state index < -0.39 is 11.8 Å². The zero-order chi connectivity index (χ0) is 14.7. The highest BCUT2D eigenvalue weighted by atomic mass is 16.6. The number of hydrogen-bond acceptors (Lipinski definition) is 5. The summed E-state index contributed by atoms with van der Waals surface area (Å²) in [5.41, 5.74) is 0.505. The number of carbonyl (C=O) groups is 2. The summed E-state index contributed by atoms with van der Waals surface area (Å²) in [5, 5.41) is 2.58. The molecular formula is C14H16N2O5. The molecule has 0 atom stereocenters. The predicted octanol–water partition coefficient (Wildman–Crippen LogP) is 0.255. The van der Waals surface area contributed by atoms with Crippen LogP contribution < -0.4 is 14.8 Å². The van der Waals surface area contributed by atoms with Gasteiger partial charge in [-0.1, -0.05) is 0 Å². The maximum absolute atomic E-state index is 12.0. The van der Waals surface area contributed by atoms with Crippen molar-refractivity contribution in [3.63, 3.8) is 0 Å². The first-order valence-electron chi connectivity index (χ1n) is 6.82. The van der Waals surface area contributed by atoms with Crippen LogP contribution >= 0.6 is 0 Å². The van der Waals surface area contributed by atoms with Crippen LogP contribution in [0.15, 0.2) is 18.2 Å². The summed E-state index contributed by atoms with van der Waals surface area (Å²) >= 11 is 0. The second-order valence-electron chi connectivity index (χ2n) is 4.72. The number of rotatable bonds is 1. The highest BCUT2D eigenvalue weighted by Crippen LogP contribution is 2.32. The zero-order valence-corrected chi connectivity index (χ0v) is 11.5. The van der Waals surface area contributed by atoms with Crippen LogP contribution in [0.1, 0.15) is 0 Å². The van der Waals surface area contributed by atoms with Gasteiger partial charge in [0, 0.05) is 24.8 Å². The number of morpholine rings is 1. The van der Waals surface area contributed by atoms with Gasteiger partial charge in [0.25, 0.3) is 0 Å². The number of anilines is 1. The third-order valence-electron chi connectivity index (χ3n) is 3.29. The highest BCUT2D eigenvalue weighted by Gasteiger charge is 2.24. The van der Waals surface area contributed by atoms with Crippen LogP contribution in [-0.2, 0) is 14.3 Å². The number of fused-ring (bicyclic) bond motifs is 1. The van der Waals surface area contributed by atoms with E-state index in [0.29, 0.717) is 56.7 Å². The molecule has 1 fully saturated rings. The van der Waals surface area contributed by atoms with Gasteiger partial charge >= 0.3 is 11.8 Å². The molecule has 0 saturated carbocycles. The monoisotopic (exact) mass is 292 g/mol. The van der Waals surface area contributed by atoms with Gasteiger partial charge in [-0.25, -0.2) is 0 Å². The molecule has 2 aliphatic rings. The fourth-order valence-electron chi connectivity index (χ4n) is 2.22. The molecule has 0 aliphatic carbocycles. The Morgan fingerprint density at radius 2 is 1.71 bits per heavy atom. The summed E-state index contributed by atoms with van der Waals surface area (Å²) in [6.45, 7) is 2.78. The van der Waals surface area contributed by atoms with Crippen LogP contribution in [-0.4, -0.2) is 56.2 Å². The maximum Gasteiger partial charge on any atom is 0.313 e. The molecule has 1 aromatic carbocycles. The van der Waals surface area contributed by atoms with Crippen LogP contribution in [0, 0.1) is 0 Å². The topological polar surface area (TPSA) is 77.1 Å². The minimum absolute atomic E-state index is 0.438. The van der Waals surface area contributed by atoms with E-state index >= 15 is 0 Å². The number of nitrogens with one attached hydrogen (secondary N) is 1. The van der Waals surface area contributed by atoms with Crippen LogP contribution in [0.4, 0.5) is 5.69 Å². The minimum Gasteiger partial charge on any atom is -0.486 e. The number of hydrogen-bond donors (Lipinski definition) is 1. The van der Waals surface area contributed by atoms with E-state index in [1.807, 2.05) is 0 Å². The third-order valence-corrected chi connectivity index (χ3v) is 3.29. The van der Waals surface area contributed by atoms with Gasteiger partial charge in [-0.05, 0) is 12.1 Å². The SMILES string of the molecule is O=C(Nc1ccc2c(c1)OCCO2)C(=O)N1CCOCC1. The van der Waals surface area contributed by atoms with Crippen molar-refractivity contribution in [1.82, 2.24) is 4.90 Å². The Labute approximate surface area is 121 Å². The summed E-state index contributed by atoms with van der Waals surface area (Å²) in [6, 6.07) is 5.04. The zero-order valence-electron chi connectivity index (χ0n) is 11.5. The molecule has 112 valence electrons. The molecule has 7 nitrogen and oxygen atoms in total. The lowest BCUT2D eigenvalue weighted by atomic mass is 10.2. The van der Waals surface area contributed by atoms with Crippen molar-refractivity contribution in [3.8, 4) is 11.5 Å². The van der Waals surface area contributed by atoms with Crippen molar-refractivity contribution in [2.45, 2.75) is 0 Å². The second kappa shape index (κ2) is 6.01. The van der Waals surface area contributed by atoms with Crippen molar-refractivity contribution in [2.75, 3.05) is 44.8 Å². The first-order chi connectivity index (χ1) is 10.2. The van der Waals surface area contributed by atoms with Crippen LogP contribution in [0.2, 0.25) is 0 Å². The molecule has 0 radical (unpaired) electrons. The van der Waals surface area contributed by atoms with Crippen molar-refractivity contribution in [2.24, 2.45) is 0 Å². The molecule has 0 spiro atoms. The van der Waals surface area contributed by atoms with Gasteiger partial charge in [-0.15, -0.1) is 0 Å². The average Bonchev–Trinajstić information content (AvgIpc) is 2.55. The molecule has 3 rings (SSSR count). The highest BCUT2D eigenvalue weighted by molar-refractivity contribution is 6.39. The first kappa shape index (κ1) is 13.7. The lowest BCUT2D eigenvalue weighted by Crippen LogP contribution is -2.45. The van der Waals surface area contributed by atoms with E-state index in [4.69, 9.17) is 14.2 Å². The Morgan fingerprint density at radius 1 is 1.00 bits per heavy atom. The number of nitrogens with zero attached hydrogens (tertiary/aromatic N) is 1. The van der Waals surface area contributed by atoms with Gasteiger partial charge in [0.1, 0.15) is 13.2 Å². The summed E-state index contributed by atoms with van der Waals surface area (Å²) in [6.07, 6.45) is 0. The summed E-state index contributed by atoms with van der Waals surface area (Å²) < 4.78 is 16.0. The third kappa shape index (κ3) is 3.08. The van der Waals surface area contributed by atoms with E-state index in [9.17, 15) is 9.59 Å². The predicted molar refractivity (Wildman–Crippen MR) is 73.5 cm³/mol. The molecular weight excluding hydrogens is 276 g/mol. The Kier molecular flexibility index (Phi) is 3.92. The lowest BCUT2D eigenvalue weighted by molar-refractivity contribution is -0.145. The fourth-order valence-corrected chi connectivity index (χ4v) is 2.22. The molecule has 2 amide bonds. The molecule has 0 bridgehead atoms. The second-order valence-corrected chi connectivity index (χ2v) is 4.72. The Balaban J connectivity index is 1.65. The Morgan fingerprint density at radius 3 is 2.48 bits per heavy atom. The maximum atomic E-state index is 12.0. The van der Waals surface area contributed by atoms with E-state index in [0.717, 1.165) is 0 Å². The number of carbonyl (C=O) groups excluding carboxylic acids is 2. The molecule has 2 aliphatic heterocycles. The Bertz CT molecular complexity index is 554. The van der Waals surface area contributed by atoms with Crippen molar-refractivity contribution < 1.29 is 23.8 Å². The molecule has 1 aromatic rings. The van der Waals surface area contributed by atoms with E-state index in [1.165, 1.54) is 4.90 Å². The van der Waals surface area contributed by atoms with Crippen molar-refractivity contribution in [3.05, 3.63) is 18.2 Å². The summed E-state index contributed by atoms with van der Waals surface area (Å²) in [4.78, 5) is 25.4. The largest absolute Gasteiger partial charge is 0.486 e. The van der Waals surface area contributed by atoms with Gasteiger partial charge in [0.15, 0.2) is 11.5 Å². The molecule has 1 N–H and O–H groups in total. The number of amides is 2. The average molecular weight is 292 g/mol. The van der Waals surface area contributed by atoms with Crippen LogP contribution in [0.5, 0.6) is 11.5 Å². The molecule has 7 heteroatoms. The van der Waals surface area contributed by atoms with Crippen molar-refractivity contribution >= 4 is 17.5 Å². The normalized spacial score (nSPS) is 17.2. The molecule has 2 heterocycles. The molecule has 21 heavy (non-hydrogen) atoms. The standard InChI is InChI=1S/C14H16N2O5/c17-13(14(18)16-3-5-19-6-4-16)15-10-1-2-11-12(9-10)21-8-7-20-11/h1-2,9H,3-8H2,(H,15,17).